The quantitative estimate of drug-likeness (QED) is 0.899. The van der Waals surface area contributed by atoms with E-state index < -0.39 is 0 Å². The lowest BCUT2D eigenvalue weighted by Crippen LogP contribution is -2.28. The van der Waals surface area contributed by atoms with Crippen molar-refractivity contribution in [2.45, 2.75) is 31.5 Å². The van der Waals surface area contributed by atoms with Gasteiger partial charge in [-0.15, -0.1) is 0 Å². The van der Waals surface area contributed by atoms with E-state index in [1.54, 1.807) is 18.6 Å². The number of rotatable bonds is 4. The van der Waals surface area contributed by atoms with Gasteiger partial charge in [0.15, 0.2) is 0 Å². The fourth-order valence-corrected chi connectivity index (χ4v) is 3.17. The van der Waals surface area contributed by atoms with Crippen LogP contribution in [0.2, 0.25) is 0 Å². The summed E-state index contributed by atoms with van der Waals surface area (Å²) in [4.78, 5) is 8.10. The van der Waals surface area contributed by atoms with Crippen LogP contribution < -0.4 is 5.32 Å². The normalized spacial score (nSPS) is 25.8. The molecule has 1 aliphatic carbocycles. The first-order valence-corrected chi connectivity index (χ1v) is 7.51. The van der Waals surface area contributed by atoms with E-state index in [0.29, 0.717) is 5.92 Å². The highest BCUT2D eigenvalue weighted by Gasteiger charge is 2.33. The summed E-state index contributed by atoms with van der Waals surface area (Å²) < 4.78 is 2.99. The van der Waals surface area contributed by atoms with Crippen LogP contribution in [0.3, 0.4) is 0 Å². The molecule has 3 rings (SSSR count). The van der Waals surface area contributed by atoms with Gasteiger partial charge in [-0.3, -0.25) is 4.98 Å². The summed E-state index contributed by atoms with van der Waals surface area (Å²) in [5, 5.41) is 13.6. The van der Waals surface area contributed by atoms with Crippen LogP contribution in [0.1, 0.15) is 12.8 Å². The summed E-state index contributed by atoms with van der Waals surface area (Å²) >= 11 is 3.47. The Hall–Kier alpha value is -1.40. The molecule has 0 spiro atoms. The number of anilines is 1. The molecule has 2 aromatic rings. The van der Waals surface area contributed by atoms with Gasteiger partial charge < -0.3 is 15.0 Å². The van der Waals surface area contributed by atoms with Gasteiger partial charge in [0.05, 0.1) is 28.6 Å². The molecule has 2 N–H and O–H groups in total. The molecule has 0 bridgehead atoms. The maximum Gasteiger partial charge on any atom is 0.0945 e. The average Bonchev–Trinajstić information content (AvgIpc) is 3.04. The molecule has 1 saturated carbocycles. The van der Waals surface area contributed by atoms with Gasteiger partial charge >= 0.3 is 0 Å². The third-order valence-corrected chi connectivity index (χ3v) is 4.40. The second-order valence-corrected chi connectivity index (χ2v) is 6.12. The van der Waals surface area contributed by atoms with Crippen LogP contribution in [-0.4, -0.2) is 31.8 Å². The number of nitrogens with zero attached hydrogens (tertiary/aromatic N) is 3. The van der Waals surface area contributed by atoms with Crippen LogP contribution in [0.4, 0.5) is 5.69 Å². The number of imidazole rings is 1. The topological polar surface area (TPSA) is 63.0 Å². The van der Waals surface area contributed by atoms with Gasteiger partial charge in [-0.05, 0) is 40.8 Å². The van der Waals surface area contributed by atoms with Gasteiger partial charge in [-0.2, -0.15) is 0 Å². The Morgan fingerprint density at radius 1 is 1.35 bits per heavy atom. The van der Waals surface area contributed by atoms with Gasteiger partial charge in [0.2, 0.25) is 0 Å². The fourth-order valence-electron chi connectivity index (χ4n) is 2.81. The first kappa shape index (κ1) is 13.6. The first-order chi connectivity index (χ1) is 9.72. The molecule has 20 heavy (non-hydrogen) atoms. The molecule has 0 saturated heterocycles. The molecular formula is C14H17BrN4O. The van der Waals surface area contributed by atoms with E-state index >= 15 is 0 Å². The van der Waals surface area contributed by atoms with Crippen LogP contribution in [0, 0.1) is 5.92 Å². The fraction of sp³-hybridized carbons (Fsp3) is 0.429. The van der Waals surface area contributed by atoms with E-state index in [4.69, 9.17) is 0 Å². The number of aliphatic hydroxyl groups excluding tert-OH is 1. The molecule has 3 atom stereocenters. The Morgan fingerprint density at radius 3 is 3.00 bits per heavy atom. The molecule has 0 aromatic carbocycles. The Labute approximate surface area is 126 Å². The molecule has 0 radical (unpaired) electrons. The van der Waals surface area contributed by atoms with Gasteiger partial charge in [-0.25, -0.2) is 4.98 Å². The van der Waals surface area contributed by atoms with Crippen LogP contribution in [-0.2, 0) is 6.54 Å². The average molecular weight is 337 g/mol. The lowest BCUT2D eigenvalue weighted by molar-refractivity contribution is 0.166. The predicted molar refractivity (Wildman–Crippen MR) is 80.3 cm³/mol. The standard InChI is InChI=1S/C14H17BrN4O/c15-11-7-16-2-1-12(11)18-13-5-10(6-14(13)20)8-19-4-3-17-9-19/h1-4,7,9-10,13-14,20H,5-6,8H2,(H,16,18)/t10?,13-,14-/m1/s1. The van der Waals surface area contributed by atoms with Crippen molar-refractivity contribution in [1.82, 2.24) is 14.5 Å². The van der Waals surface area contributed by atoms with Crippen molar-refractivity contribution >= 4 is 21.6 Å². The first-order valence-electron chi connectivity index (χ1n) is 6.72. The maximum absolute atomic E-state index is 10.2. The molecule has 6 heteroatoms. The van der Waals surface area contributed by atoms with Crippen LogP contribution in [0.15, 0.2) is 41.7 Å². The van der Waals surface area contributed by atoms with Crippen molar-refractivity contribution in [3.63, 3.8) is 0 Å². The van der Waals surface area contributed by atoms with Crippen LogP contribution in [0.25, 0.3) is 0 Å². The number of halogens is 1. The second-order valence-electron chi connectivity index (χ2n) is 5.27. The number of nitrogens with one attached hydrogen (secondary N) is 1. The summed E-state index contributed by atoms with van der Waals surface area (Å²) in [6.07, 6.45) is 10.5. The zero-order valence-electron chi connectivity index (χ0n) is 11.0. The van der Waals surface area contributed by atoms with E-state index in [1.807, 2.05) is 18.6 Å². The van der Waals surface area contributed by atoms with Gasteiger partial charge in [0.25, 0.3) is 0 Å². The van der Waals surface area contributed by atoms with Gasteiger partial charge in [0, 0.05) is 31.3 Å². The molecule has 106 valence electrons. The smallest absolute Gasteiger partial charge is 0.0945 e. The monoisotopic (exact) mass is 336 g/mol. The summed E-state index contributed by atoms with van der Waals surface area (Å²) in [5.41, 5.74) is 0.979. The van der Waals surface area contributed by atoms with E-state index in [2.05, 4.69) is 35.8 Å². The molecule has 0 aliphatic heterocycles. The number of hydrogen-bond donors (Lipinski definition) is 2. The Balaban J connectivity index is 1.62. The minimum Gasteiger partial charge on any atom is -0.391 e. The molecule has 5 nitrogen and oxygen atoms in total. The van der Waals surface area contributed by atoms with E-state index in [1.165, 1.54) is 0 Å². The highest BCUT2D eigenvalue weighted by atomic mass is 79.9. The number of aromatic nitrogens is 3. The maximum atomic E-state index is 10.2. The summed E-state index contributed by atoms with van der Waals surface area (Å²) in [6.45, 7) is 0.909. The highest BCUT2D eigenvalue weighted by molar-refractivity contribution is 9.10. The largest absolute Gasteiger partial charge is 0.391 e. The summed E-state index contributed by atoms with van der Waals surface area (Å²) in [5.74, 6) is 0.470. The number of pyridine rings is 1. The van der Waals surface area contributed by atoms with Crippen molar-refractivity contribution in [2.75, 3.05) is 5.32 Å². The van der Waals surface area contributed by atoms with Crippen molar-refractivity contribution in [2.24, 2.45) is 5.92 Å². The molecule has 1 unspecified atom stereocenters. The second kappa shape index (κ2) is 5.93. The van der Waals surface area contributed by atoms with E-state index in [0.717, 1.165) is 29.5 Å². The van der Waals surface area contributed by atoms with Crippen molar-refractivity contribution in [1.29, 1.82) is 0 Å². The lowest BCUT2D eigenvalue weighted by atomic mass is 10.1. The van der Waals surface area contributed by atoms with Crippen LogP contribution in [0.5, 0.6) is 0 Å². The Bertz CT molecular complexity index is 560. The summed E-state index contributed by atoms with van der Waals surface area (Å²) in [6, 6.07) is 2.00. The summed E-state index contributed by atoms with van der Waals surface area (Å²) in [7, 11) is 0. The molecule has 2 heterocycles. The minimum absolute atomic E-state index is 0.0854. The van der Waals surface area contributed by atoms with Gasteiger partial charge in [0.1, 0.15) is 0 Å². The highest BCUT2D eigenvalue weighted by Crippen LogP contribution is 2.31. The Kier molecular flexibility index (Phi) is 4.03. The van der Waals surface area contributed by atoms with Crippen molar-refractivity contribution in [3.05, 3.63) is 41.7 Å². The lowest BCUT2D eigenvalue weighted by Gasteiger charge is -2.18. The molecular weight excluding hydrogens is 320 g/mol. The van der Waals surface area contributed by atoms with E-state index in [9.17, 15) is 5.11 Å². The van der Waals surface area contributed by atoms with Gasteiger partial charge in [-0.1, -0.05) is 0 Å². The predicted octanol–water partition coefficient (Wildman–Crippen LogP) is 2.29. The van der Waals surface area contributed by atoms with Crippen molar-refractivity contribution in [3.8, 4) is 0 Å². The van der Waals surface area contributed by atoms with Crippen LogP contribution >= 0.6 is 15.9 Å². The number of aliphatic hydroxyl groups is 1. The van der Waals surface area contributed by atoms with Crippen molar-refractivity contribution < 1.29 is 5.11 Å². The molecule has 1 fully saturated rings. The Morgan fingerprint density at radius 2 is 2.25 bits per heavy atom. The zero-order chi connectivity index (χ0) is 13.9. The SMILES string of the molecule is O[C@@H]1CC(Cn2ccnc2)C[C@H]1Nc1ccncc1Br. The van der Waals surface area contributed by atoms with E-state index in [-0.39, 0.29) is 12.1 Å². The molecule has 0 amide bonds. The minimum atomic E-state index is -0.316. The number of hydrogen-bond acceptors (Lipinski definition) is 4. The third kappa shape index (κ3) is 3.02. The molecule has 1 aliphatic rings. The third-order valence-electron chi connectivity index (χ3n) is 3.77. The zero-order valence-corrected chi connectivity index (χ0v) is 12.6. The molecule has 2 aromatic heterocycles.